The first-order valence-electron chi connectivity index (χ1n) is 11.8. The maximum Gasteiger partial charge on any atom is 0.233 e. The summed E-state index contributed by atoms with van der Waals surface area (Å²) in [5.41, 5.74) is 0.972. The fourth-order valence-corrected chi connectivity index (χ4v) is 6.22. The molecule has 0 atom stereocenters. The van der Waals surface area contributed by atoms with Crippen molar-refractivity contribution in [1.29, 1.82) is 0 Å². The maximum atomic E-state index is 13.4. The number of hydrogen-bond donors (Lipinski definition) is 0. The summed E-state index contributed by atoms with van der Waals surface area (Å²) >= 11 is 3.24. The lowest BCUT2D eigenvalue weighted by molar-refractivity contribution is -0.132. The number of nitrogens with zero attached hydrogens (tertiary/aromatic N) is 4. The zero-order chi connectivity index (χ0) is 22.6. The molecule has 5 nitrogen and oxygen atoms in total. The molecular formula is C25H29FN4OS2. The average Bonchev–Trinajstić information content (AvgIpc) is 3.39. The van der Waals surface area contributed by atoms with Gasteiger partial charge in [-0.1, -0.05) is 49.2 Å². The first-order valence-corrected chi connectivity index (χ1v) is 13.7. The molecule has 1 aromatic carbocycles. The lowest BCUT2D eigenvalue weighted by Crippen LogP contribution is -2.42. The zero-order valence-corrected chi connectivity index (χ0v) is 20.3. The van der Waals surface area contributed by atoms with Gasteiger partial charge in [-0.05, 0) is 54.8 Å². The van der Waals surface area contributed by atoms with Crippen LogP contribution in [-0.4, -0.2) is 37.4 Å². The summed E-state index contributed by atoms with van der Waals surface area (Å²) in [5.74, 6) is 1.22. The Balaban J connectivity index is 1.29. The molecule has 8 heteroatoms. The number of carbonyl (C=O) groups excluding carboxylic acids is 1. The van der Waals surface area contributed by atoms with E-state index in [-0.39, 0.29) is 17.8 Å². The van der Waals surface area contributed by atoms with E-state index in [2.05, 4.69) is 32.3 Å². The van der Waals surface area contributed by atoms with Crippen molar-refractivity contribution in [2.45, 2.75) is 75.2 Å². The Hall–Kier alpha value is -2.19. The molecule has 0 bridgehead atoms. The Labute approximate surface area is 202 Å². The third-order valence-corrected chi connectivity index (χ3v) is 8.29. The van der Waals surface area contributed by atoms with Crippen LogP contribution in [0.15, 0.2) is 46.9 Å². The van der Waals surface area contributed by atoms with Gasteiger partial charge in [0.1, 0.15) is 11.6 Å². The van der Waals surface area contributed by atoms with Crippen molar-refractivity contribution in [2.75, 3.05) is 5.75 Å². The van der Waals surface area contributed by atoms with Gasteiger partial charge in [0.05, 0.1) is 5.75 Å². The molecular weight excluding hydrogens is 455 g/mol. The molecule has 0 N–H and O–H groups in total. The van der Waals surface area contributed by atoms with Crippen molar-refractivity contribution in [3.8, 4) is 0 Å². The van der Waals surface area contributed by atoms with Crippen LogP contribution in [0.25, 0.3) is 0 Å². The highest BCUT2D eigenvalue weighted by Gasteiger charge is 2.31. The second kappa shape index (κ2) is 10.4. The van der Waals surface area contributed by atoms with Gasteiger partial charge in [-0.15, -0.1) is 21.5 Å². The maximum absolute atomic E-state index is 13.4. The van der Waals surface area contributed by atoms with Gasteiger partial charge in [-0.3, -0.25) is 4.79 Å². The first kappa shape index (κ1) is 22.6. The summed E-state index contributed by atoms with van der Waals surface area (Å²) in [4.78, 5) is 16.7. The highest BCUT2D eigenvalue weighted by molar-refractivity contribution is 7.99. The Morgan fingerprint density at radius 1 is 1.09 bits per heavy atom. The fraction of sp³-hybridized carbons (Fsp3) is 0.480. The number of benzene rings is 1. The van der Waals surface area contributed by atoms with E-state index in [4.69, 9.17) is 0 Å². The Bertz CT molecular complexity index is 1060. The molecule has 3 aromatic rings. The third kappa shape index (κ3) is 5.66. The normalized spacial score (nSPS) is 16.8. The first-order chi connectivity index (χ1) is 16.2. The number of hydrogen-bond acceptors (Lipinski definition) is 5. The molecule has 0 saturated heterocycles. The van der Waals surface area contributed by atoms with Gasteiger partial charge in [0.25, 0.3) is 0 Å². The monoisotopic (exact) mass is 484 g/mol. The van der Waals surface area contributed by atoms with Crippen LogP contribution in [0.2, 0.25) is 0 Å². The highest BCUT2D eigenvalue weighted by atomic mass is 32.2. The van der Waals surface area contributed by atoms with Crippen molar-refractivity contribution >= 4 is 29.0 Å². The van der Waals surface area contributed by atoms with Crippen LogP contribution >= 0.6 is 23.1 Å². The zero-order valence-electron chi connectivity index (χ0n) is 18.7. The third-order valence-electron chi connectivity index (χ3n) is 6.49. The number of thioether (sulfide) groups is 1. The standard InChI is InChI=1S/C25H29FN4OS2/c26-19-10-8-18(9-11-19)16-29(20-5-2-1-3-6-20)24(31)17-33-25-28-27-23(30(25)21-12-13-21)15-22-7-4-14-32-22/h4,7-11,14,20-21H,1-3,5-6,12-13,15-17H2. The minimum absolute atomic E-state index is 0.126. The Morgan fingerprint density at radius 2 is 1.88 bits per heavy atom. The van der Waals surface area contributed by atoms with E-state index in [9.17, 15) is 9.18 Å². The molecule has 33 heavy (non-hydrogen) atoms. The summed E-state index contributed by atoms with van der Waals surface area (Å²) in [6, 6.07) is 11.4. The summed E-state index contributed by atoms with van der Waals surface area (Å²) in [6.45, 7) is 0.531. The lowest BCUT2D eigenvalue weighted by atomic mass is 9.94. The summed E-state index contributed by atoms with van der Waals surface area (Å²) in [7, 11) is 0. The summed E-state index contributed by atoms with van der Waals surface area (Å²) in [6.07, 6.45) is 8.73. The number of rotatable bonds is 9. The number of aromatic nitrogens is 3. The van der Waals surface area contributed by atoms with Gasteiger partial charge in [-0.25, -0.2) is 4.39 Å². The van der Waals surface area contributed by atoms with Crippen molar-refractivity contribution in [1.82, 2.24) is 19.7 Å². The van der Waals surface area contributed by atoms with Gasteiger partial charge >= 0.3 is 0 Å². The van der Waals surface area contributed by atoms with Crippen LogP contribution in [0.1, 0.15) is 67.3 Å². The Kier molecular flexibility index (Phi) is 7.11. The van der Waals surface area contributed by atoms with Gasteiger partial charge in [0.2, 0.25) is 5.91 Å². The van der Waals surface area contributed by atoms with Gasteiger partial charge < -0.3 is 9.47 Å². The van der Waals surface area contributed by atoms with E-state index in [0.717, 1.165) is 61.5 Å². The van der Waals surface area contributed by atoms with E-state index in [0.29, 0.717) is 18.3 Å². The van der Waals surface area contributed by atoms with Crippen LogP contribution in [0, 0.1) is 5.82 Å². The molecule has 0 spiro atoms. The summed E-state index contributed by atoms with van der Waals surface area (Å²) in [5, 5.41) is 11.9. The number of thiophene rings is 1. The second-order valence-electron chi connectivity index (χ2n) is 8.98. The minimum Gasteiger partial charge on any atom is -0.335 e. The molecule has 0 aliphatic heterocycles. The van der Waals surface area contributed by atoms with E-state index in [1.165, 1.54) is 35.2 Å². The summed E-state index contributed by atoms with van der Waals surface area (Å²) < 4.78 is 15.6. The molecule has 1 amide bonds. The fourth-order valence-electron chi connectivity index (χ4n) is 4.60. The quantitative estimate of drug-likeness (QED) is 0.357. The largest absolute Gasteiger partial charge is 0.335 e. The average molecular weight is 485 g/mol. The van der Waals surface area contributed by atoms with Gasteiger partial charge in [0.15, 0.2) is 5.16 Å². The molecule has 2 aromatic heterocycles. The molecule has 174 valence electrons. The molecule has 2 fully saturated rings. The van der Waals surface area contributed by atoms with Crippen LogP contribution in [0.3, 0.4) is 0 Å². The van der Waals surface area contributed by atoms with Crippen LogP contribution in [0.5, 0.6) is 0 Å². The minimum atomic E-state index is -0.248. The Morgan fingerprint density at radius 3 is 2.58 bits per heavy atom. The highest BCUT2D eigenvalue weighted by Crippen LogP contribution is 2.39. The lowest BCUT2D eigenvalue weighted by Gasteiger charge is -2.34. The number of amides is 1. The number of carbonyl (C=O) groups is 1. The number of halogens is 1. The smallest absolute Gasteiger partial charge is 0.233 e. The molecule has 0 unspecified atom stereocenters. The van der Waals surface area contributed by atoms with E-state index >= 15 is 0 Å². The van der Waals surface area contributed by atoms with Crippen LogP contribution < -0.4 is 0 Å². The van der Waals surface area contributed by atoms with Gasteiger partial charge in [0, 0.05) is 29.9 Å². The van der Waals surface area contributed by atoms with E-state index < -0.39 is 0 Å². The van der Waals surface area contributed by atoms with Crippen molar-refractivity contribution in [3.63, 3.8) is 0 Å². The predicted octanol–water partition coefficient (Wildman–Crippen LogP) is 5.86. The van der Waals surface area contributed by atoms with Crippen molar-refractivity contribution < 1.29 is 9.18 Å². The second-order valence-corrected chi connectivity index (χ2v) is 11.0. The van der Waals surface area contributed by atoms with Crippen LogP contribution in [-0.2, 0) is 17.8 Å². The molecule has 2 saturated carbocycles. The molecule has 2 aliphatic rings. The van der Waals surface area contributed by atoms with E-state index in [1.807, 2.05) is 4.90 Å². The van der Waals surface area contributed by atoms with Crippen molar-refractivity contribution in [3.05, 3.63) is 63.9 Å². The molecule has 2 aliphatic carbocycles. The SMILES string of the molecule is O=C(CSc1nnc(Cc2cccs2)n1C1CC1)N(Cc1ccc(F)cc1)C1CCCCC1. The molecule has 5 rings (SSSR count). The van der Waals surface area contributed by atoms with Crippen molar-refractivity contribution in [2.24, 2.45) is 0 Å². The molecule has 0 radical (unpaired) electrons. The predicted molar refractivity (Wildman–Crippen MR) is 130 cm³/mol. The van der Waals surface area contributed by atoms with Crippen LogP contribution in [0.4, 0.5) is 4.39 Å². The van der Waals surface area contributed by atoms with Gasteiger partial charge in [-0.2, -0.15) is 0 Å². The topological polar surface area (TPSA) is 51.0 Å². The van der Waals surface area contributed by atoms with E-state index in [1.54, 1.807) is 23.5 Å². The molecule has 2 heterocycles.